The zero-order valence-electron chi connectivity index (χ0n) is 18.7. The summed E-state index contributed by atoms with van der Waals surface area (Å²) in [6.07, 6.45) is 2.30. The monoisotopic (exact) mass is 409 g/mol. The molecule has 8 nitrogen and oxygen atoms in total. The van der Waals surface area contributed by atoms with Crippen LogP contribution in [0.1, 0.15) is 53.9 Å². The number of nitrogens with one attached hydrogen (secondary N) is 3. The first kappa shape index (κ1) is 23.4. The van der Waals surface area contributed by atoms with Gasteiger partial charge in [-0.2, -0.15) is 0 Å². The van der Waals surface area contributed by atoms with E-state index in [4.69, 9.17) is 0 Å². The molecule has 0 bridgehead atoms. The molecule has 0 aromatic carbocycles. The molecule has 0 aromatic rings. The molecule has 3 heterocycles. The number of amides is 4. The maximum atomic E-state index is 12.6. The molecular weight excluding hydrogens is 370 g/mol. The van der Waals surface area contributed by atoms with Crippen molar-refractivity contribution in [2.24, 2.45) is 11.8 Å². The Morgan fingerprint density at radius 2 is 1.72 bits per heavy atom. The largest absolute Gasteiger partial charge is 0.341 e. The van der Waals surface area contributed by atoms with Crippen LogP contribution in [0.15, 0.2) is 0 Å². The summed E-state index contributed by atoms with van der Waals surface area (Å²) in [7, 11) is 0. The van der Waals surface area contributed by atoms with Gasteiger partial charge in [-0.05, 0) is 31.1 Å². The number of urea groups is 1. The predicted molar refractivity (Wildman–Crippen MR) is 113 cm³/mol. The summed E-state index contributed by atoms with van der Waals surface area (Å²) in [4.78, 5) is 40.1. The van der Waals surface area contributed by atoms with Crippen molar-refractivity contribution in [3.05, 3.63) is 0 Å². The van der Waals surface area contributed by atoms with Crippen LogP contribution >= 0.6 is 0 Å². The lowest BCUT2D eigenvalue weighted by Gasteiger charge is -2.40. The van der Waals surface area contributed by atoms with Crippen molar-refractivity contribution >= 4 is 17.8 Å². The number of hydrogen-bond acceptors (Lipinski definition) is 4. The van der Waals surface area contributed by atoms with Crippen molar-refractivity contribution in [2.45, 2.75) is 65.5 Å². The normalized spacial score (nSPS) is 23.8. The Kier molecular flexibility index (Phi) is 8.31. The van der Waals surface area contributed by atoms with E-state index in [1.54, 1.807) is 4.90 Å². The van der Waals surface area contributed by atoms with Crippen LogP contribution in [0.2, 0.25) is 0 Å². The molecule has 3 fully saturated rings. The van der Waals surface area contributed by atoms with Crippen LogP contribution in [-0.2, 0) is 9.59 Å². The first-order chi connectivity index (χ1) is 13.6. The van der Waals surface area contributed by atoms with E-state index in [9.17, 15) is 14.4 Å². The van der Waals surface area contributed by atoms with E-state index in [0.29, 0.717) is 32.1 Å². The van der Waals surface area contributed by atoms with Gasteiger partial charge in [-0.3, -0.25) is 9.59 Å². The van der Waals surface area contributed by atoms with Crippen LogP contribution < -0.4 is 16.0 Å². The summed E-state index contributed by atoms with van der Waals surface area (Å²) in [6.45, 7) is 14.0. The molecule has 1 spiro atoms. The van der Waals surface area contributed by atoms with Crippen molar-refractivity contribution in [2.75, 3.05) is 39.3 Å². The van der Waals surface area contributed by atoms with Crippen molar-refractivity contribution in [1.29, 1.82) is 0 Å². The number of piperidine rings is 1. The van der Waals surface area contributed by atoms with Gasteiger partial charge in [0.1, 0.15) is 0 Å². The van der Waals surface area contributed by atoms with Gasteiger partial charge in [-0.25, -0.2) is 4.79 Å². The lowest BCUT2D eigenvalue weighted by molar-refractivity contribution is -0.144. The Hall–Kier alpha value is -1.83. The number of piperazine rings is 1. The first-order valence-electron chi connectivity index (χ1n) is 11.0. The number of likely N-dealkylation sites (tertiary alicyclic amines) is 1. The summed E-state index contributed by atoms with van der Waals surface area (Å²) in [5, 5.41) is 9.04. The van der Waals surface area contributed by atoms with Crippen molar-refractivity contribution in [1.82, 2.24) is 25.8 Å². The van der Waals surface area contributed by atoms with Crippen LogP contribution in [0.3, 0.4) is 0 Å². The minimum Gasteiger partial charge on any atom is -0.341 e. The minimum absolute atomic E-state index is 0.00526. The molecule has 0 radical (unpaired) electrons. The Bertz CT molecular complexity index is 582. The topological polar surface area (TPSA) is 93.8 Å². The standard InChI is InChI=1S/C17H29N5O3.C4H10/c1-12(2)9-13-15(24)22(8-5-18-13)10-14(23)21-6-3-17(4-7-21)11-19-16(25)20-17;1-4(2)3/h12-13,18H,3-11H2,1-2H3,(H2,19,20,25);4H,1-3H3/t13-;/m0./s1. The highest BCUT2D eigenvalue weighted by Crippen LogP contribution is 2.24. The fourth-order valence-corrected chi connectivity index (χ4v) is 3.93. The highest BCUT2D eigenvalue weighted by atomic mass is 16.2. The highest BCUT2D eigenvalue weighted by Gasteiger charge is 2.41. The molecule has 166 valence electrons. The molecular formula is C21H39N5O3. The maximum absolute atomic E-state index is 12.6. The third kappa shape index (κ3) is 6.87. The van der Waals surface area contributed by atoms with E-state index in [-0.39, 0.29) is 36.0 Å². The fraction of sp³-hybridized carbons (Fsp3) is 0.857. The molecule has 0 aromatic heterocycles. The molecule has 29 heavy (non-hydrogen) atoms. The number of nitrogens with zero attached hydrogens (tertiary/aromatic N) is 2. The van der Waals surface area contributed by atoms with Crippen LogP contribution in [-0.4, -0.2) is 78.5 Å². The van der Waals surface area contributed by atoms with Crippen LogP contribution in [0, 0.1) is 11.8 Å². The summed E-state index contributed by atoms with van der Waals surface area (Å²) in [5.74, 6) is 1.31. The summed E-state index contributed by atoms with van der Waals surface area (Å²) >= 11 is 0. The van der Waals surface area contributed by atoms with Gasteiger partial charge in [0.15, 0.2) is 0 Å². The van der Waals surface area contributed by atoms with Gasteiger partial charge in [0, 0.05) is 32.7 Å². The van der Waals surface area contributed by atoms with Crippen molar-refractivity contribution < 1.29 is 14.4 Å². The Morgan fingerprint density at radius 3 is 2.24 bits per heavy atom. The fourth-order valence-electron chi connectivity index (χ4n) is 3.93. The Balaban J connectivity index is 0.000000687. The summed E-state index contributed by atoms with van der Waals surface area (Å²) in [6, 6.07) is -0.298. The third-order valence-electron chi connectivity index (χ3n) is 5.45. The van der Waals surface area contributed by atoms with E-state index < -0.39 is 0 Å². The number of carbonyl (C=O) groups is 3. The second kappa shape index (κ2) is 10.3. The van der Waals surface area contributed by atoms with E-state index in [1.807, 2.05) is 4.90 Å². The van der Waals surface area contributed by atoms with Gasteiger partial charge in [-0.15, -0.1) is 0 Å². The average molecular weight is 410 g/mol. The zero-order valence-corrected chi connectivity index (χ0v) is 18.7. The van der Waals surface area contributed by atoms with Gasteiger partial charge in [0.05, 0.1) is 18.1 Å². The highest BCUT2D eigenvalue weighted by molar-refractivity contribution is 5.88. The predicted octanol–water partition coefficient (Wildman–Crippen LogP) is 1.17. The van der Waals surface area contributed by atoms with Crippen molar-refractivity contribution in [3.8, 4) is 0 Å². The lowest BCUT2D eigenvalue weighted by Crippen LogP contribution is -2.59. The van der Waals surface area contributed by atoms with E-state index in [1.165, 1.54) is 0 Å². The number of hydrogen-bond donors (Lipinski definition) is 3. The molecule has 0 aliphatic carbocycles. The molecule has 3 N–H and O–H groups in total. The van der Waals surface area contributed by atoms with Crippen LogP contribution in [0.4, 0.5) is 4.79 Å². The molecule has 4 amide bonds. The molecule has 8 heteroatoms. The van der Waals surface area contributed by atoms with Gasteiger partial charge in [0.25, 0.3) is 0 Å². The SMILES string of the molecule is CC(C)C.CC(C)C[C@@H]1NCCN(CC(=O)N2CCC3(CC2)CNC(=O)N3)C1=O. The van der Waals surface area contributed by atoms with Gasteiger partial charge in [-0.1, -0.05) is 34.6 Å². The van der Waals surface area contributed by atoms with Crippen molar-refractivity contribution in [3.63, 3.8) is 0 Å². The van der Waals surface area contributed by atoms with Gasteiger partial charge >= 0.3 is 6.03 Å². The summed E-state index contributed by atoms with van der Waals surface area (Å²) < 4.78 is 0. The maximum Gasteiger partial charge on any atom is 0.315 e. The average Bonchev–Trinajstić information content (AvgIpc) is 2.98. The van der Waals surface area contributed by atoms with Gasteiger partial charge in [0.2, 0.25) is 11.8 Å². The second-order valence-electron chi connectivity index (χ2n) is 9.60. The van der Waals surface area contributed by atoms with E-state index >= 15 is 0 Å². The number of rotatable bonds is 4. The summed E-state index contributed by atoms with van der Waals surface area (Å²) in [5.41, 5.74) is -0.207. The second-order valence-corrected chi connectivity index (χ2v) is 9.60. The third-order valence-corrected chi connectivity index (χ3v) is 5.45. The molecule has 3 rings (SSSR count). The minimum atomic E-state index is -0.207. The van der Waals surface area contributed by atoms with E-state index in [2.05, 4.69) is 50.6 Å². The Morgan fingerprint density at radius 1 is 1.10 bits per heavy atom. The number of carbonyl (C=O) groups excluding carboxylic acids is 3. The molecule has 3 aliphatic heterocycles. The molecule has 3 aliphatic rings. The lowest BCUT2D eigenvalue weighted by atomic mass is 9.88. The quantitative estimate of drug-likeness (QED) is 0.650. The van der Waals surface area contributed by atoms with E-state index in [0.717, 1.165) is 31.7 Å². The van der Waals surface area contributed by atoms with Crippen LogP contribution in [0.5, 0.6) is 0 Å². The zero-order chi connectivity index (χ0) is 21.6. The smallest absolute Gasteiger partial charge is 0.315 e. The molecule has 0 saturated carbocycles. The van der Waals surface area contributed by atoms with Gasteiger partial charge < -0.3 is 25.8 Å². The molecule has 1 atom stereocenters. The first-order valence-corrected chi connectivity index (χ1v) is 11.0. The molecule has 3 saturated heterocycles. The Labute approximate surface area is 175 Å². The van der Waals surface area contributed by atoms with Crippen LogP contribution in [0.25, 0.3) is 0 Å². The molecule has 0 unspecified atom stereocenters.